The van der Waals surface area contributed by atoms with Gasteiger partial charge in [-0.15, -0.1) is 0 Å². The van der Waals surface area contributed by atoms with Crippen molar-refractivity contribution >= 4 is 22.8 Å². The van der Waals surface area contributed by atoms with Crippen LogP contribution in [0.25, 0.3) is 11.2 Å². The summed E-state index contributed by atoms with van der Waals surface area (Å²) in [6, 6.07) is 7.87. The van der Waals surface area contributed by atoms with Gasteiger partial charge in [-0.3, -0.25) is 4.90 Å². The second-order valence-electron chi connectivity index (χ2n) is 7.89. The normalized spacial score (nSPS) is 16.3. The van der Waals surface area contributed by atoms with Crippen molar-refractivity contribution < 1.29 is 4.74 Å². The van der Waals surface area contributed by atoms with Crippen LogP contribution in [0.1, 0.15) is 30.9 Å². The Balaban J connectivity index is 1.63. The van der Waals surface area contributed by atoms with Crippen LogP contribution in [-0.2, 0) is 16.7 Å². The quantitative estimate of drug-likeness (QED) is 0.729. The highest BCUT2D eigenvalue weighted by Crippen LogP contribution is 2.27. The molecular weight excluding hydrogens is 362 g/mol. The molecule has 27 heavy (non-hydrogen) atoms. The van der Waals surface area contributed by atoms with Crippen molar-refractivity contribution in [1.82, 2.24) is 24.6 Å². The van der Waals surface area contributed by atoms with E-state index in [-0.39, 0.29) is 5.41 Å². The van der Waals surface area contributed by atoms with E-state index in [2.05, 4.69) is 28.8 Å². The fourth-order valence-electron chi connectivity index (χ4n) is 3.69. The average molecular weight is 388 g/mol. The molecule has 0 amide bonds. The van der Waals surface area contributed by atoms with Crippen LogP contribution < -0.4 is 0 Å². The van der Waals surface area contributed by atoms with Crippen molar-refractivity contribution in [2.24, 2.45) is 0 Å². The van der Waals surface area contributed by atoms with E-state index in [4.69, 9.17) is 21.3 Å². The SMILES string of the molecule is Cc1nn(Cc2ccccc2Cl)c2nc(C(C)(C)CN3CCOCC3)[nH]c12. The van der Waals surface area contributed by atoms with Crippen LogP contribution >= 0.6 is 11.6 Å². The average Bonchev–Trinajstić information content (AvgIpc) is 3.20. The first-order valence-electron chi connectivity index (χ1n) is 9.41. The van der Waals surface area contributed by atoms with Gasteiger partial charge in [0.05, 0.1) is 25.5 Å². The second-order valence-corrected chi connectivity index (χ2v) is 8.30. The molecule has 0 saturated carbocycles. The van der Waals surface area contributed by atoms with E-state index in [1.807, 2.05) is 35.9 Å². The van der Waals surface area contributed by atoms with Crippen molar-refractivity contribution in [1.29, 1.82) is 0 Å². The van der Waals surface area contributed by atoms with Crippen LogP contribution in [0.5, 0.6) is 0 Å². The maximum Gasteiger partial charge on any atom is 0.176 e. The predicted molar refractivity (Wildman–Crippen MR) is 107 cm³/mol. The van der Waals surface area contributed by atoms with Crippen molar-refractivity contribution in [3.05, 3.63) is 46.4 Å². The molecule has 1 N–H and O–H groups in total. The fourth-order valence-corrected chi connectivity index (χ4v) is 3.89. The van der Waals surface area contributed by atoms with E-state index in [0.717, 1.165) is 66.1 Å². The van der Waals surface area contributed by atoms with Gasteiger partial charge in [-0.1, -0.05) is 43.6 Å². The number of hydrogen-bond acceptors (Lipinski definition) is 4. The topological polar surface area (TPSA) is 59.0 Å². The number of H-pyrrole nitrogens is 1. The summed E-state index contributed by atoms with van der Waals surface area (Å²) in [7, 11) is 0. The molecule has 1 aliphatic heterocycles. The lowest BCUT2D eigenvalue weighted by Gasteiger charge is -2.33. The Morgan fingerprint density at radius 1 is 1.22 bits per heavy atom. The minimum Gasteiger partial charge on any atom is -0.379 e. The Hall–Kier alpha value is -1.89. The third-order valence-corrected chi connectivity index (χ3v) is 5.57. The van der Waals surface area contributed by atoms with Crippen LogP contribution in [0, 0.1) is 6.92 Å². The van der Waals surface area contributed by atoms with Crippen molar-refractivity contribution in [2.45, 2.75) is 32.7 Å². The van der Waals surface area contributed by atoms with E-state index in [9.17, 15) is 0 Å². The molecular formula is C20H26ClN5O. The van der Waals surface area contributed by atoms with Gasteiger partial charge < -0.3 is 9.72 Å². The van der Waals surface area contributed by atoms with Gasteiger partial charge in [0.2, 0.25) is 0 Å². The number of nitrogens with one attached hydrogen (secondary N) is 1. The molecule has 4 rings (SSSR count). The molecule has 0 radical (unpaired) electrons. The van der Waals surface area contributed by atoms with E-state index < -0.39 is 0 Å². The maximum absolute atomic E-state index is 6.33. The summed E-state index contributed by atoms with van der Waals surface area (Å²) >= 11 is 6.33. The minimum atomic E-state index is -0.0853. The molecule has 1 aromatic carbocycles. The number of halogens is 1. The molecule has 2 aromatic heterocycles. The molecule has 1 fully saturated rings. The Kier molecular flexibility index (Phi) is 4.97. The van der Waals surface area contributed by atoms with Crippen LogP contribution in [0.4, 0.5) is 0 Å². The van der Waals surface area contributed by atoms with Gasteiger partial charge in [0, 0.05) is 30.1 Å². The van der Waals surface area contributed by atoms with Gasteiger partial charge in [0.1, 0.15) is 11.3 Å². The molecule has 0 aliphatic carbocycles. The first kappa shape index (κ1) is 18.5. The molecule has 1 saturated heterocycles. The number of morpholine rings is 1. The van der Waals surface area contributed by atoms with E-state index in [1.165, 1.54) is 0 Å². The maximum atomic E-state index is 6.33. The summed E-state index contributed by atoms with van der Waals surface area (Å²) in [4.78, 5) is 10.9. The summed E-state index contributed by atoms with van der Waals surface area (Å²) < 4.78 is 7.41. The molecule has 0 spiro atoms. The van der Waals surface area contributed by atoms with Gasteiger partial charge in [0.15, 0.2) is 5.65 Å². The van der Waals surface area contributed by atoms with Crippen molar-refractivity contribution in [2.75, 3.05) is 32.8 Å². The van der Waals surface area contributed by atoms with Crippen LogP contribution in [-0.4, -0.2) is 57.5 Å². The van der Waals surface area contributed by atoms with Gasteiger partial charge in [-0.05, 0) is 18.6 Å². The molecule has 0 bridgehead atoms. The second kappa shape index (κ2) is 7.26. The lowest BCUT2D eigenvalue weighted by molar-refractivity contribution is 0.0290. The van der Waals surface area contributed by atoms with Gasteiger partial charge in [-0.25, -0.2) is 9.67 Å². The zero-order valence-corrected chi connectivity index (χ0v) is 16.9. The summed E-state index contributed by atoms with van der Waals surface area (Å²) in [5, 5.41) is 5.41. The number of benzene rings is 1. The first-order chi connectivity index (χ1) is 12.9. The number of ether oxygens (including phenoxy) is 1. The van der Waals surface area contributed by atoms with E-state index >= 15 is 0 Å². The van der Waals surface area contributed by atoms with Crippen molar-refractivity contribution in [3.63, 3.8) is 0 Å². The molecule has 0 atom stereocenters. The lowest BCUT2D eigenvalue weighted by atomic mass is 9.91. The molecule has 7 heteroatoms. The minimum absolute atomic E-state index is 0.0853. The Labute approximate surface area is 164 Å². The van der Waals surface area contributed by atoms with Crippen LogP contribution in [0.15, 0.2) is 24.3 Å². The van der Waals surface area contributed by atoms with E-state index in [0.29, 0.717) is 6.54 Å². The summed E-state index contributed by atoms with van der Waals surface area (Å²) in [5.74, 6) is 0.998. The third-order valence-electron chi connectivity index (χ3n) is 5.20. The number of aromatic amines is 1. The highest BCUT2D eigenvalue weighted by atomic mass is 35.5. The Morgan fingerprint density at radius 2 is 1.96 bits per heavy atom. The highest BCUT2D eigenvalue weighted by Gasteiger charge is 2.29. The largest absolute Gasteiger partial charge is 0.379 e. The number of imidazole rings is 1. The number of aromatic nitrogens is 4. The van der Waals surface area contributed by atoms with Gasteiger partial charge in [0.25, 0.3) is 0 Å². The smallest absolute Gasteiger partial charge is 0.176 e. The Morgan fingerprint density at radius 3 is 2.70 bits per heavy atom. The molecule has 1 aliphatic rings. The molecule has 3 aromatic rings. The standard InChI is InChI=1S/C20H26ClN5O/c1-14-17-18(26(24-14)12-15-6-4-5-7-16(15)21)23-19(22-17)20(2,3)13-25-8-10-27-11-9-25/h4-7H,8-13H2,1-3H3,(H,22,23). The van der Waals surface area contributed by atoms with E-state index in [1.54, 1.807) is 0 Å². The summed E-state index contributed by atoms with van der Waals surface area (Å²) in [5.41, 5.74) is 3.81. The molecule has 144 valence electrons. The van der Waals surface area contributed by atoms with Gasteiger partial charge in [-0.2, -0.15) is 5.10 Å². The summed E-state index contributed by atoms with van der Waals surface area (Å²) in [6.07, 6.45) is 0. The molecule has 0 unspecified atom stereocenters. The Bertz CT molecular complexity index is 939. The third kappa shape index (κ3) is 3.74. The molecule has 3 heterocycles. The lowest BCUT2D eigenvalue weighted by Crippen LogP contribution is -2.43. The number of nitrogens with zero attached hydrogens (tertiary/aromatic N) is 4. The van der Waals surface area contributed by atoms with Crippen LogP contribution in [0.3, 0.4) is 0 Å². The monoisotopic (exact) mass is 387 g/mol. The zero-order chi connectivity index (χ0) is 19.0. The fraction of sp³-hybridized carbons (Fsp3) is 0.500. The van der Waals surface area contributed by atoms with Crippen molar-refractivity contribution in [3.8, 4) is 0 Å². The van der Waals surface area contributed by atoms with Crippen LogP contribution in [0.2, 0.25) is 5.02 Å². The number of aryl methyl sites for hydroxylation is 1. The number of rotatable bonds is 5. The number of hydrogen-bond donors (Lipinski definition) is 1. The predicted octanol–water partition coefficient (Wildman–Crippen LogP) is 3.38. The summed E-state index contributed by atoms with van der Waals surface area (Å²) in [6.45, 7) is 11.6. The van der Waals surface area contributed by atoms with Gasteiger partial charge >= 0.3 is 0 Å². The highest BCUT2D eigenvalue weighted by molar-refractivity contribution is 6.31. The molecule has 6 nitrogen and oxygen atoms in total. The first-order valence-corrected chi connectivity index (χ1v) is 9.79. The zero-order valence-electron chi connectivity index (χ0n) is 16.1. The number of fused-ring (bicyclic) bond motifs is 1.